The fourth-order valence-corrected chi connectivity index (χ4v) is 3.68. The zero-order valence-corrected chi connectivity index (χ0v) is 15.6. The Hall–Kier alpha value is -1.07. The van der Waals surface area contributed by atoms with Gasteiger partial charge >= 0.3 is 5.97 Å². The van der Waals surface area contributed by atoms with Gasteiger partial charge in [-0.25, -0.2) is 0 Å². The second kappa shape index (κ2) is 12.3. The molecule has 1 saturated carbocycles. The number of carbonyl (C=O) groups excluding carboxylic acids is 1. The van der Waals surface area contributed by atoms with Crippen LogP contribution in [-0.4, -0.2) is 39.1 Å². The number of unbranched alkanes of at least 4 members (excludes halogenated alkanes) is 6. The molecule has 0 radical (unpaired) electrons. The van der Waals surface area contributed by atoms with Crippen molar-refractivity contribution in [3.8, 4) is 0 Å². The molecule has 6 heteroatoms. The van der Waals surface area contributed by atoms with Crippen molar-refractivity contribution in [2.24, 2.45) is 11.8 Å². The maximum absolute atomic E-state index is 12.1. The van der Waals surface area contributed by atoms with Crippen LogP contribution in [0, 0.1) is 11.8 Å². The van der Waals surface area contributed by atoms with E-state index in [1.54, 1.807) is 6.08 Å². The SMILES string of the molecule is O=C(O)CCCCCCC1C(=O)C[C@@H](O)[C@@H]1C(O)=CCCCCCCl. The monoisotopic (exact) mass is 374 g/mol. The fourth-order valence-electron chi connectivity index (χ4n) is 3.49. The first-order valence-corrected chi connectivity index (χ1v) is 9.88. The third kappa shape index (κ3) is 8.23. The number of aliphatic hydroxyl groups excluding tert-OH is 2. The standard InChI is InChI=1S/C19H31ClO5/c20-12-8-4-3-6-10-15(21)19-14(16(22)13-17(19)23)9-5-1-2-7-11-18(24)25/h10,14,17,19,21,23H,1-9,11-13H2,(H,24,25)/t14?,17-,19+/m1/s1. The minimum atomic E-state index is -0.802. The van der Waals surface area contributed by atoms with Crippen molar-refractivity contribution < 1.29 is 24.9 Å². The van der Waals surface area contributed by atoms with E-state index in [0.717, 1.165) is 44.9 Å². The first kappa shape index (κ1) is 22.0. The van der Waals surface area contributed by atoms with E-state index in [-0.39, 0.29) is 30.3 Å². The average molecular weight is 375 g/mol. The second-order valence-corrected chi connectivity index (χ2v) is 7.26. The van der Waals surface area contributed by atoms with E-state index in [1.807, 2.05) is 0 Å². The minimum absolute atomic E-state index is 0.0186. The fraction of sp³-hybridized carbons (Fsp3) is 0.789. The number of Topliss-reactive ketones (excluding diaryl/α,β-unsaturated/α-hetero) is 1. The minimum Gasteiger partial charge on any atom is -0.512 e. The molecule has 0 spiro atoms. The van der Waals surface area contributed by atoms with Gasteiger partial charge in [-0.05, 0) is 38.2 Å². The van der Waals surface area contributed by atoms with Gasteiger partial charge in [0.15, 0.2) is 0 Å². The Morgan fingerprint density at radius 1 is 1.08 bits per heavy atom. The highest BCUT2D eigenvalue weighted by atomic mass is 35.5. The molecular formula is C19H31ClO5. The lowest BCUT2D eigenvalue weighted by molar-refractivity contribution is -0.137. The Bertz CT molecular complexity index is 449. The lowest BCUT2D eigenvalue weighted by Crippen LogP contribution is -2.23. The quantitative estimate of drug-likeness (QED) is 0.255. The number of rotatable bonds is 13. The van der Waals surface area contributed by atoms with Crippen LogP contribution in [0.15, 0.2) is 11.8 Å². The van der Waals surface area contributed by atoms with Crippen LogP contribution in [0.1, 0.15) is 70.6 Å². The molecule has 0 aromatic rings. The molecule has 1 aliphatic carbocycles. The van der Waals surface area contributed by atoms with Gasteiger partial charge < -0.3 is 15.3 Å². The lowest BCUT2D eigenvalue weighted by atomic mass is 9.87. The van der Waals surface area contributed by atoms with E-state index < -0.39 is 18.0 Å². The molecule has 144 valence electrons. The number of alkyl halides is 1. The van der Waals surface area contributed by atoms with Gasteiger partial charge in [0.1, 0.15) is 5.78 Å². The van der Waals surface area contributed by atoms with Crippen molar-refractivity contribution in [1.29, 1.82) is 0 Å². The summed E-state index contributed by atoms with van der Waals surface area (Å²) >= 11 is 5.63. The first-order valence-electron chi connectivity index (χ1n) is 9.35. The second-order valence-electron chi connectivity index (χ2n) is 6.88. The summed E-state index contributed by atoms with van der Waals surface area (Å²) in [5.41, 5.74) is 0. The van der Waals surface area contributed by atoms with E-state index in [2.05, 4.69) is 0 Å². The molecule has 0 aliphatic heterocycles. The van der Waals surface area contributed by atoms with Crippen molar-refractivity contribution in [2.45, 2.75) is 76.7 Å². The van der Waals surface area contributed by atoms with E-state index >= 15 is 0 Å². The van der Waals surface area contributed by atoms with Gasteiger partial charge in [-0.2, -0.15) is 0 Å². The number of hydrogen-bond acceptors (Lipinski definition) is 4. The molecule has 0 saturated heterocycles. The maximum atomic E-state index is 12.1. The summed E-state index contributed by atoms with van der Waals surface area (Å²) in [7, 11) is 0. The molecule has 0 bridgehead atoms. The highest BCUT2D eigenvalue weighted by molar-refractivity contribution is 6.17. The average Bonchev–Trinajstić information content (AvgIpc) is 2.83. The number of carbonyl (C=O) groups is 2. The predicted molar refractivity (Wildman–Crippen MR) is 97.8 cm³/mol. The summed E-state index contributed by atoms with van der Waals surface area (Å²) in [6.45, 7) is 0. The van der Waals surface area contributed by atoms with Crippen LogP contribution in [0.3, 0.4) is 0 Å². The Morgan fingerprint density at radius 2 is 1.76 bits per heavy atom. The highest BCUT2D eigenvalue weighted by Crippen LogP contribution is 2.37. The largest absolute Gasteiger partial charge is 0.512 e. The third-order valence-corrected chi connectivity index (χ3v) is 5.13. The number of allylic oxidation sites excluding steroid dienone is 1. The van der Waals surface area contributed by atoms with Gasteiger partial charge in [0.05, 0.1) is 17.8 Å². The molecule has 1 rings (SSSR count). The first-order chi connectivity index (χ1) is 12.0. The molecule has 5 nitrogen and oxygen atoms in total. The van der Waals surface area contributed by atoms with Crippen LogP contribution in [0.5, 0.6) is 0 Å². The van der Waals surface area contributed by atoms with Gasteiger partial charge in [-0.3, -0.25) is 9.59 Å². The summed E-state index contributed by atoms with van der Waals surface area (Å²) in [5, 5.41) is 29.1. The molecule has 1 aliphatic rings. The van der Waals surface area contributed by atoms with Gasteiger partial charge in [0.25, 0.3) is 0 Å². The van der Waals surface area contributed by atoms with Gasteiger partial charge in [-0.15, -0.1) is 11.6 Å². The van der Waals surface area contributed by atoms with Crippen LogP contribution in [-0.2, 0) is 9.59 Å². The molecule has 0 heterocycles. The lowest BCUT2D eigenvalue weighted by Gasteiger charge is -2.20. The van der Waals surface area contributed by atoms with Crippen molar-refractivity contribution in [3.05, 3.63) is 11.8 Å². The van der Waals surface area contributed by atoms with E-state index in [9.17, 15) is 19.8 Å². The summed E-state index contributed by atoms with van der Waals surface area (Å²) in [6.07, 6.45) is 8.60. The molecule has 1 unspecified atom stereocenters. The van der Waals surface area contributed by atoms with E-state index in [0.29, 0.717) is 18.7 Å². The number of aliphatic hydroxyl groups is 2. The molecule has 1 fully saturated rings. The smallest absolute Gasteiger partial charge is 0.303 e. The molecular weight excluding hydrogens is 344 g/mol. The molecule has 0 aromatic heterocycles. The molecule has 0 amide bonds. The number of carboxylic acid groups (broad SMARTS) is 1. The highest BCUT2D eigenvalue weighted by Gasteiger charge is 2.43. The summed E-state index contributed by atoms with van der Waals surface area (Å²) < 4.78 is 0. The van der Waals surface area contributed by atoms with Crippen LogP contribution in [0.2, 0.25) is 0 Å². The zero-order valence-electron chi connectivity index (χ0n) is 14.8. The third-order valence-electron chi connectivity index (χ3n) is 4.86. The molecule has 3 atom stereocenters. The van der Waals surface area contributed by atoms with Crippen molar-refractivity contribution in [1.82, 2.24) is 0 Å². The van der Waals surface area contributed by atoms with Crippen LogP contribution >= 0.6 is 11.6 Å². The van der Waals surface area contributed by atoms with Crippen LogP contribution in [0.25, 0.3) is 0 Å². The maximum Gasteiger partial charge on any atom is 0.303 e. The van der Waals surface area contributed by atoms with Crippen molar-refractivity contribution in [3.63, 3.8) is 0 Å². The van der Waals surface area contributed by atoms with Crippen LogP contribution in [0.4, 0.5) is 0 Å². The van der Waals surface area contributed by atoms with Gasteiger partial charge in [-0.1, -0.05) is 25.7 Å². The normalized spacial score (nSPS) is 24.0. The summed E-state index contributed by atoms with van der Waals surface area (Å²) in [6, 6.07) is 0. The Morgan fingerprint density at radius 3 is 2.44 bits per heavy atom. The Labute approximate surface area is 155 Å². The van der Waals surface area contributed by atoms with E-state index in [4.69, 9.17) is 16.7 Å². The Balaban J connectivity index is 2.42. The molecule has 25 heavy (non-hydrogen) atoms. The topological polar surface area (TPSA) is 94.8 Å². The van der Waals surface area contributed by atoms with Gasteiger partial charge in [0.2, 0.25) is 0 Å². The molecule has 3 N–H and O–H groups in total. The van der Waals surface area contributed by atoms with Crippen LogP contribution < -0.4 is 0 Å². The number of hydrogen-bond donors (Lipinski definition) is 3. The summed E-state index contributed by atoms with van der Waals surface area (Å²) in [4.78, 5) is 22.6. The number of halogens is 1. The summed E-state index contributed by atoms with van der Waals surface area (Å²) in [5.74, 6) is -0.798. The van der Waals surface area contributed by atoms with Crippen molar-refractivity contribution >= 4 is 23.4 Å². The molecule has 0 aromatic carbocycles. The Kier molecular flexibility index (Phi) is 10.8. The zero-order chi connectivity index (χ0) is 18.7. The van der Waals surface area contributed by atoms with Crippen molar-refractivity contribution in [2.75, 3.05) is 5.88 Å². The van der Waals surface area contributed by atoms with Gasteiger partial charge in [0, 0.05) is 24.6 Å². The number of ketones is 1. The number of aliphatic carboxylic acids is 1. The number of carboxylic acids is 1. The predicted octanol–water partition coefficient (Wildman–Crippen LogP) is 4.22. The van der Waals surface area contributed by atoms with E-state index in [1.165, 1.54) is 0 Å².